The third-order valence-corrected chi connectivity index (χ3v) is 7.30. The molecule has 32 heavy (non-hydrogen) atoms. The van der Waals surface area contributed by atoms with Crippen LogP contribution in [0.25, 0.3) is 11.4 Å². The van der Waals surface area contributed by atoms with Crippen molar-refractivity contribution < 1.29 is 4.48 Å². The van der Waals surface area contributed by atoms with Gasteiger partial charge in [0.1, 0.15) is 12.4 Å². The van der Waals surface area contributed by atoms with Gasteiger partial charge >= 0.3 is 6.98 Å². The van der Waals surface area contributed by atoms with Gasteiger partial charge in [0, 0.05) is 16.8 Å². The molecule has 0 aliphatic carbocycles. The highest BCUT2D eigenvalue weighted by atomic mass is 15.2. The van der Waals surface area contributed by atoms with E-state index in [1.54, 1.807) is 0 Å². The van der Waals surface area contributed by atoms with Crippen molar-refractivity contribution in [2.75, 3.05) is 4.81 Å². The lowest BCUT2D eigenvalue weighted by atomic mass is 9.57. The largest absolute Gasteiger partial charge is 0.542 e. The second-order valence-electron chi connectivity index (χ2n) is 9.56. The molecule has 3 heterocycles. The van der Waals surface area contributed by atoms with Crippen LogP contribution < -0.4 is 14.8 Å². The summed E-state index contributed by atoms with van der Waals surface area (Å²) in [6.07, 6.45) is 6.60. The Kier molecular flexibility index (Phi) is 4.33. The van der Waals surface area contributed by atoms with Crippen LogP contribution in [-0.4, -0.2) is 11.5 Å². The zero-order chi connectivity index (χ0) is 22.0. The summed E-state index contributed by atoms with van der Waals surface area (Å²) >= 11 is 0. The second kappa shape index (κ2) is 7.13. The van der Waals surface area contributed by atoms with Crippen molar-refractivity contribution in [3.05, 3.63) is 95.3 Å². The van der Waals surface area contributed by atoms with Crippen LogP contribution in [0.4, 0.5) is 11.4 Å². The Balaban J connectivity index is 1.77. The van der Waals surface area contributed by atoms with Crippen LogP contribution in [0.3, 0.4) is 0 Å². The van der Waals surface area contributed by atoms with Crippen LogP contribution in [0.2, 0.25) is 0 Å². The molecule has 0 amide bonds. The highest BCUT2D eigenvalue weighted by molar-refractivity contribution is 6.72. The van der Waals surface area contributed by atoms with Gasteiger partial charge in [-0.05, 0) is 60.1 Å². The van der Waals surface area contributed by atoms with Crippen molar-refractivity contribution in [3.8, 4) is 11.4 Å². The van der Waals surface area contributed by atoms with Crippen molar-refractivity contribution in [3.63, 3.8) is 0 Å². The summed E-state index contributed by atoms with van der Waals surface area (Å²) in [4.78, 5) is 2.61. The minimum Gasteiger partial charge on any atom is -0.338 e. The number of nitrogens with zero attached hydrogens (tertiary/aromatic N) is 3. The first kappa shape index (κ1) is 19.4. The molecule has 0 atom stereocenters. The van der Waals surface area contributed by atoms with Gasteiger partial charge < -0.3 is 4.81 Å². The molecule has 1 aromatic heterocycles. The maximum Gasteiger partial charge on any atom is 0.542 e. The van der Waals surface area contributed by atoms with Gasteiger partial charge in [-0.3, -0.25) is 4.48 Å². The number of benzene rings is 3. The number of hydrogen-bond acceptors (Lipinski definition) is 1. The fraction of sp³-hybridized carbons (Fsp3) is 0.250. The maximum atomic E-state index is 2.61. The van der Waals surface area contributed by atoms with Gasteiger partial charge in [-0.15, -0.1) is 0 Å². The molecule has 0 bridgehead atoms. The molecule has 0 spiro atoms. The molecular formula is C28H29BN3+. The fourth-order valence-corrected chi connectivity index (χ4v) is 5.82. The first-order chi connectivity index (χ1) is 15.6. The third-order valence-electron chi connectivity index (χ3n) is 7.30. The predicted octanol–water partition coefficient (Wildman–Crippen LogP) is 4.91. The summed E-state index contributed by atoms with van der Waals surface area (Å²) in [5, 5.41) is 0. The van der Waals surface area contributed by atoms with Gasteiger partial charge in [0.2, 0.25) is 0 Å². The summed E-state index contributed by atoms with van der Waals surface area (Å²) in [5.74, 6) is 1.75. The quantitative estimate of drug-likeness (QED) is 0.400. The number of imidazole rings is 1. The van der Waals surface area contributed by atoms with Crippen LogP contribution in [0, 0.1) is 6.92 Å². The van der Waals surface area contributed by atoms with E-state index in [4.69, 9.17) is 0 Å². The Morgan fingerprint density at radius 3 is 2.44 bits per heavy atom. The Labute approximate surface area is 191 Å². The molecule has 0 N–H and O–H groups in total. The smallest absolute Gasteiger partial charge is 0.338 e. The Morgan fingerprint density at radius 2 is 1.59 bits per heavy atom. The first-order valence-corrected chi connectivity index (χ1v) is 11.7. The molecule has 0 saturated heterocycles. The van der Waals surface area contributed by atoms with Crippen molar-refractivity contribution in [1.29, 1.82) is 0 Å². The van der Waals surface area contributed by atoms with Crippen LogP contribution in [0.5, 0.6) is 0 Å². The third kappa shape index (κ3) is 2.65. The summed E-state index contributed by atoms with van der Waals surface area (Å²) in [6, 6.07) is 22.7. The second-order valence-corrected chi connectivity index (χ2v) is 9.56. The normalized spacial score (nSPS) is 14.2. The van der Waals surface area contributed by atoms with Crippen molar-refractivity contribution >= 4 is 23.8 Å². The van der Waals surface area contributed by atoms with Crippen LogP contribution >= 0.6 is 0 Å². The average Bonchev–Trinajstić information content (AvgIpc) is 3.16. The summed E-state index contributed by atoms with van der Waals surface area (Å²) in [6.45, 7) is 6.98. The van der Waals surface area contributed by atoms with Gasteiger partial charge in [0.05, 0.1) is 12.6 Å². The molecule has 0 saturated carbocycles. The Bertz CT molecular complexity index is 1350. The molecule has 3 nitrogen and oxygen atoms in total. The van der Waals surface area contributed by atoms with E-state index in [1.807, 2.05) is 0 Å². The Morgan fingerprint density at radius 1 is 0.875 bits per heavy atom. The average molecular weight is 418 g/mol. The number of aryl methyl sites for hydroxylation is 4. The molecule has 0 fully saturated rings. The maximum absolute atomic E-state index is 2.61. The van der Waals surface area contributed by atoms with Crippen LogP contribution in [0.15, 0.2) is 73.1 Å². The van der Waals surface area contributed by atoms with Crippen LogP contribution in [-0.2, 0) is 19.9 Å². The number of anilines is 2. The zero-order valence-corrected chi connectivity index (χ0v) is 19.3. The zero-order valence-electron chi connectivity index (χ0n) is 19.3. The summed E-state index contributed by atoms with van der Waals surface area (Å²) in [7, 11) is 2.17. The molecule has 4 aromatic rings. The van der Waals surface area contributed by atoms with Gasteiger partial charge in [-0.2, -0.15) is 0 Å². The summed E-state index contributed by atoms with van der Waals surface area (Å²) < 4.78 is 4.79. The highest BCUT2D eigenvalue weighted by Crippen LogP contribution is 2.42. The van der Waals surface area contributed by atoms with Crippen molar-refractivity contribution in [1.82, 2.24) is 4.57 Å². The van der Waals surface area contributed by atoms with E-state index < -0.39 is 0 Å². The van der Waals surface area contributed by atoms with E-state index in [0.717, 1.165) is 12.8 Å². The highest BCUT2D eigenvalue weighted by Gasteiger charge is 2.48. The van der Waals surface area contributed by atoms with E-state index in [9.17, 15) is 0 Å². The number of aromatic nitrogens is 2. The molecule has 2 aliphatic rings. The fourth-order valence-electron chi connectivity index (χ4n) is 5.82. The Hall–Kier alpha value is -3.27. The van der Waals surface area contributed by atoms with E-state index in [1.165, 1.54) is 50.5 Å². The number of hydrogen-bond donors (Lipinski definition) is 0. The molecule has 158 valence electrons. The molecule has 2 aliphatic heterocycles. The SMILES string of the molecule is Cc1cccc2c1-c1n(C)cc[n+]1B1c3c(cccc3C(C)C)CCc3ccccc3N12. The van der Waals surface area contributed by atoms with Gasteiger partial charge in [-0.25, -0.2) is 4.57 Å². The lowest BCUT2D eigenvalue weighted by Gasteiger charge is -2.38. The van der Waals surface area contributed by atoms with Crippen molar-refractivity contribution in [2.24, 2.45) is 7.05 Å². The van der Waals surface area contributed by atoms with Crippen LogP contribution in [0.1, 0.15) is 42.0 Å². The lowest BCUT2D eigenvalue weighted by Crippen LogP contribution is -2.71. The minimum atomic E-state index is 0.0931. The number of rotatable bonds is 1. The molecule has 0 radical (unpaired) electrons. The lowest BCUT2D eigenvalue weighted by molar-refractivity contribution is -0.523. The van der Waals surface area contributed by atoms with E-state index in [-0.39, 0.29) is 6.98 Å². The van der Waals surface area contributed by atoms with Gasteiger partial charge in [0.25, 0.3) is 5.82 Å². The molecular weight excluding hydrogens is 389 g/mol. The monoisotopic (exact) mass is 418 g/mol. The number of fused-ring (bicyclic) bond motifs is 10. The number of para-hydroxylation sites is 1. The molecule has 0 unspecified atom stereocenters. The van der Waals surface area contributed by atoms with E-state index >= 15 is 0 Å². The van der Waals surface area contributed by atoms with Gasteiger partial charge in [0.15, 0.2) is 0 Å². The van der Waals surface area contributed by atoms with E-state index in [0.29, 0.717) is 5.92 Å². The molecule has 4 heteroatoms. The topological polar surface area (TPSA) is 12.0 Å². The molecule has 3 aromatic carbocycles. The van der Waals surface area contributed by atoms with Crippen molar-refractivity contribution in [2.45, 2.75) is 39.5 Å². The molecule has 6 rings (SSSR count). The first-order valence-electron chi connectivity index (χ1n) is 11.7. The minimum absolute atomic E-state index is 0.0931. The predicted molar refractivity (Wildman–Crippen MR) is 133 cm³/mol. The summed E-state index contributed by atoms with van der Waals surface area (Å²) in [5.41, 5.74) is 11.1. The van der Waals surface area contributed by atoms with Gasteiger partial charge in [-0.1, -0.05) is 62.4 Å². The van der Waals surface area contributed by atoms with E-state index in [2.05, 4.69) is 115 Å². The standard InChI is InChI=1S/C28H29BN3/c1-19(2)23-12-8-11-22-16-15-21-10-5-6-13-24(21)32-25-14-7-9-20(3)26(25)28-30(4)17-18-31(28)29(32)27(22)23/h5-14,17-19H,15-16H2,1-4H3/q+1.